The minimum Gasteiger partial charge on any atom is -0.450 e. The van der Waals surface area contributed by atoms with Crippen LogP contribution >= 0.6 is 0 Å². The maximum atomic E-state index is 11.5. The second-order valence-corrected chi connectivity index (χ2v) is 10.9. The van der Waals surface area contributed by atoms with Crippen LogP contribution in [0.5, 0.6) is 0 Å². The van der Waals surface area contributed by atoms with Gasteiger partial charge in [-0.05, 0) is 19.9 Å². The molecule has 0 saturated carbocycles. The summed E-state index contributed by atoms with van der Waals surface area (Å²) < 4.78 is 10.0. The molecule has 17 heavy (non-hydrogen) atoms. The zero-order chi connectivity index (χ0) is 13.1. The van der Waals surface area contributed by atoms with Crippen LogP contribution in [0.1, 0.15) is 11.3 Å². The van der Waals surface area contributed by atoms with Gasteiger partial charge < -0.3 is 9.26 Å². The summed E-state index contributed by atoms with van der Waals surface area (Å²) in [6.07, 6.45) is -0.484. The van der Waals surface area contributed by atoms with Crippen LogP contribution < -0.4 is 5.32 Å². The van der Waals surface area contributed by atoms with E-state index in [2.05, 4.69) is 30.1 Å². The Bertz CT molecular complexity index is 396. The van der Waals surface area contributed by atoms with E-state index in [0.717, 1.165) is 17.3 Å². The van der Waals surface area contributed by atoms with Crippen molar-refractivity contribution in [3.05, 3.63) is 11.3 Å². The fourth-order valence-corrected chi connectivity index (χ4v) is 1.83. The molecule has 0 spiro atoms. The molecule has 0 atom stereocenters. The van der Waals surface area contributed by atoms with Crippen molar-refractivity contribution in [2.24, 2.45) is 0 Å². The Morgan fingerprint density at radius 2 is 2.06 bits per heavy atom. The highest BCUT2D eigenvalue weighted by Crippen LogP contribution is 2.17. The molecule has 0 fully saturated rings. The van der Waals surface area contributed by atoms with Crippen LogP contribution in [0.3, 0.4) is 0 Å². The van der Waals surface area contributed by atoms with Gasteiger partial charge in [-0.25, -0.2) is 4.79 Å². The molecule has 1 rings (SSSR count). The Hall–Kier alpha value is -1.30. The van der Waals surface area contributed by atoms with E-state index in [4.69, 9.17) is 9.26 Å². The SMILES string of the molecule is Cc1noc(NC(=O)OCC[Si](C)(C)C)c1C. The van der Waals surface area contributed by atoms with Gasteiger partial charge in [-0.15, -0.1) is 0 Å². The summed E-state index contributed by atoms with van der Waals surface area (Å²) in [5, 5.41) is 6.29. The predicted octanol–water partition coefficient (Wildman–Crippen LogP) is 3.18. The topological polar surface area (TPSA) is 64.4 Å². The molecule has 5 nitrogen and oxygen atoms in total. The molecule has 1 N–H and O–H groups in total. The molecule has 0 bridgehead atoms. The van der Waals surface area contributed by atoms with Crippen LogP contribution in [-0.4, -0.2) is 25.9 Å². The minimum absolute atomic E-state index is 0.362. The fourth-order valence-electron chi connectivity index (χ4n) is 1.11. The molecule has 1 aromatic rings. The van der Waals surface area contributed by atoms with Crippen LogP contribution in [0.2, 0.25) is 25.7 Å². The van der Waals surface area contributed by atoms with E-state index < -0.39 is 14.2 Å². The van der Waals surface area contributed by atoms with E-state index in [-0.39, 0.29) is 0 Å². The first-order chi connectivity index (χ1) is 7.79. The maximum Gasteiger partial charge on any atom is 0.414 e. The number of hydrogen-bond acceptors (Lipinski definition) is 4. The normalized spacial score (nSPS) is 11.4. The Morgan fingerprint density at radius 1 is 1.41 bits per heavy atom. The number of nitrogens with one attached hydrogen (secondary N) is 1. The van der Waals surface area contributed by atoms with Gasteiger partial charge >= 0.3 is 6.09 Å². The van der Waals surface area contributed by atoms with E-state index >= 15 is 0 Å². The lowest BCUT2D eigenvalue weighted by atomic mass is 10.3. The number of rotatable bonds is 4. The molecule has 1 heterocycles. The molecule has 1 amide bonds. The van der Waals surface area contributed by atoms with Crippen LogP contribution in [0.15, 0.2) is 4.52 Å². The highest BCUT2D eigenvalue weighted by Gasteiger charge is 2.15. The first-order valence-corrected chi connectivity index (χ1v) is 9.37. The molecule has 0 radical (unpaired) electrons. The first kappa shape index (κ1) is 13.8. The molecule has 0 unspecified atom stereocenters. The van der Waals surface area contributed by atoms with Crippen molar-refractivity contribution in [2.45, 2.75) is 39.5 Å². The van der Waals surface area contributed by atoms with E-state index in [9.17, 15) is 4.79 Å². The summed E-state index contributed by atoms with van der Waals surface area (Å²) in [4.78, 5) is 11.5. The summed E-state index contributed by atoms with van der Waals surface area (Å²) in [7, 11) is -1.16. The van der Waals surface area contributed by atoms with Crippen LogP contribution in [0.25, 0.3) is 0 Å². The van der Waals surface area contributed by atoms with Gasteiger partial charge in [0.2, 0.25) is 5.88 Å². The van der Waals surface area contributed by atoms with Gasteiger partial charge in [0.1, 0.15) is 0 Å². The van der Waals surface area contributed by atoms with Gasteiger partial charge in [-0.3, -0.25) is 5.32 Å². The van der Waals surface area contributed by atoms with Gasteiger partial charge in [0, 0.05) is 13.6 Å². The maximum absolute atomic E-state index is 11.5. The number of ether oxygens (including phenoxy) is 1. The third-order valence-corrected chi connectivity index (χ3v) is 4.16. The number of carbonyl (C=O) groups excluding carboxylic acids is 1. The Kier molecular flexibility index (Phi) is 4.33. The lowest BCUT2D eigenvalue weighted by molar-refractivity contribution is 0.166. The second kappa shape index (κ2) is 5.35. The minimum atomic E-state index is -1.16. The monoisotopic (exact) mass is 256 g/mol. The third kappa shape index (κ3) is 4.60. The predicted molar refractivity (Wildman–Crippen MR) is 69.1 cm³/mol. The molecule has 0 aliphatic carbocycles. The Balaban J connectivity index is 2.38. The molecule has 1 aromatic heterocycles. The van der Waals surface area contributed by atoms with Gasteiger partial charge in [0.15, 0.2) is 0 Å². The number of hydrogen-bond donors (Lipinski definition) is 1. The van der Waals surface area contributed by atoms with E-state index in [0.29, 0.717) is 12.5 Å². The van der Waals surface area contributed by atoms with Gasteiger partial charge in [0.25, 0.3) is 0 Å². The van der Waals surface area contributed by atoms with Gasteiger partial charge in [-0.1, -0.05) is 24.8 Å². The average Bonchev–Trinajstić information content (AvgIpc) is 2.47. The number of anilines is 1. The lowest BCUT2D eigenvalue weighted by Gasteiger charge is -2.15. The molecular weight excluding hydrogens is 236 g/mol. The van der Waals surface area contributed by atoms with Crippen molar-refractivity contribution in [1.82, 2.24) is 5.16 Å². The largest absolute Gasteiger partial charge is 0.450 e. The van der Waals surface area contributed by atoms with E-state index in [1.807, 2.05) is 13.8 Å². The standard InChI is InChI=1S/C11H20N2O3Si/c1-8-9(2)13-16-10(8)12-11(14)15-6-7-17(3,4)5/h6-7H2,1-5H3,(H,12,14). The number of carbonyl (C=O) groups is 1. The van der Waals surface area contributed by atoms with Crippen molar-refractivity contribution in [3.8, 4) is 0 Å². The van der Waals surface area contributed by atoms with Crippen molar-refractivity contribution >= 4 is 20.1 Å². The Labute approximate surface area is 103 Å². The number of nitrogens with zero attached hydrogens (tertiary/aromatic N) is 1. The molecule has 96 valence electrons. The van der Waals surface area contributed by atoms with E-state index in [1.165, 1.54) is 0 Å². The first-order valence-electron chi connectivity index (χ1n) is 5.66. The highest BCUT2D eigenvalue weighted by molar-refractivity contribution is 6.76. The summed E-state index contributed by atoms with van der Waals surface area (Å²) in [5.41, 5.74) is 1.59. The van der Waals surface area contributed by atoms with Crippen molar-refractivity contribution in [3.63, 3.8) is 0 Å². The van der Waals surface area contributed by atoms with Crippen molar-refractivity contribution in [2.75, 3.05) is 11.9 Å². The van der Waals surface area contributed by atoms with E-state index in [1.54, 1.807) is 0 Å². The quantitative estimate of drug-likeness (QED) is 0.840. The molecule has 0 aliphatic rings. The lowest BCUT2D eigenvalue weighted by Crippen LogP contribution is -2.24. The molecule has 0 saturated heterocycles. The number of aromatic nitrogens is 1. The van der Waals surface area contributed by atoms with Gasteiger partial charge in [0.05, 0.1) is 12.3 Å². The molecule has 0 aliphatic heterocycles. The number of amides is 1. The zero-order valence-corrected chi connectivity index (χ0v) is 12.1. The van der Waals surface area contributed by atoms with Crippen LogP contribution in [-0.2, 0) is 4.74 Å². The third-order valence-electron chi connectivity index (χ3n) is 2.46. The second-order valence-electron chi connectivity index (χ2n) is 5.29. The zero-order valence-electron chi connectivity index (χ0n) is 11.1. The van der Waals surface area contributed by atoms with Crippen molar-refractivity contribution < 1.29 is 14.1 Å². The summed E-state index contributed by atoms with van der Waals surface area (Å²) in [6, 6.07) is 0.953. The molecule has 0 aromatic carbocycles. The molecule has 6 heteroatoms. The van der Waals surface area contributed by atoms with Crippen LogP contribution in [0.4, 0.5) is 10.7 Å². The number of aryl methyl sites for hydroxylation is 1. The molecular formula is C11H20N2O3Si. The Morgan fingerprint density at radius 3 is 2.53 bits per heavy atom. The van der Waals surface area contributed by atoms with Gasteiger partial charge in [-0.2, -0.15) is 0 Å². The van der Waals surface area contributed by atoms with Crippen LogP contribution in [0, 0.1) is 13.8 Å². The highest BCUT2D eigenvalue weighted by atomic mass is 28.3. The van der Waals surface area contributed by atoms with Crippen molar-refractivity contribution in [1.29, 1.82) is 0 Å². The smallest absolute Gasteiger partial charge is 0.414 e. The summed E-state index contributed by atoms with van der Waals surface area (Å²) in [5.74, 6) is 0.362. The summed E-state index contributed by atoms with van der Waals surface area (Å²) >= 11 is 0. The fraction of sp³-hybridized carbons (Fsp3) is 0.636. The summed E-state index contributed by atoms with van der Waals surface area (Å²) in [6.45, 7) is 10.8. The average molecular weight is 256 g/mol.